The Labute approximate surface area is 123 Å². The molecule has 1 heterocycles. The Kier molecular flexibility index (Phi) is 3.17. The van der Waals surface area contributed by atoms with Crippen molar-refractivity contribution in [3.8, 4) is 0 Å². The Morgan fingerprint density at radius 1 is 1.10 bits per heavy atom. The first-order valence-electron chi connectivity index (χ1n) is 6.46. The van der Waals surface area contributed by atoms with Crippen LogP contribution in [0.4, 0.5) is 5.69 Å². The minimum absolute atomic E-state index is 0.245. The summed E-state index contributed by atoms with van der Waals surface area (Å²) in [5.41, 5.74) is 3.22. The molecule has 6 heteroatoms. The summed E-state index contributed by atoms with van der Waals surface area (Å²) in [6, 6.07) is 12.0. The molecule has 0 aliphatic carbocycles. The van der Waals surface area contributed by atoms with Gasteiger partial charge in [0.1, 0.15) is 0 Å². The van der Waals surface area contributed by atoms with Crippen molar-refractivity contribution in [2.75, 3.05) is 4.72 Å². The van der Waals surface area contributed by atoms with Crippen molar-refractivity contribution >= 4 is 26.7 Å². The Bertz CT molecular complexity index is 896. The first-order chi connectivity index (χ1) is 9.95. The number of aromatic nitrogens is 2. The third kappa shape index (κ3) is 2.62. The Morgan fingerprint density at radius 2 is 1.81 bits per heavy atom. The molecule has 0 aliphatic heterocycles. The largest absolute Gasteiger partial charge is 0.334 e. The SMILES string of the molecule is Cc1ccc(S(=O)(=O)Nc2ccc3c(c2)ncn3C)cc1. The van der Waals surface area contributed by atoms with Crippen LogP contribution >= 0.6 is 0 Å². The molecule has 3 aromatic rings. The van der Waals surface area contributed by atoms with Gasteiger partial charge in [-0.1, -0.05) is 17.7 Å². The van der Waals surface area contributed by atoms with Crippen molar-refractivity contribution in [3.63, 3.8) is 0 Å². The van der Waals surface area contributed by atoms with E-state index in [4.69, 9.17) is 0 Å². The summed E-state index contributed by atoms with van der Waals surface area (Å²) in [7, 11) is -1.68. The normalized spacial score (nSPS) is 11.7. The summed E-state index contributed by atoms with van der Waals surface area (Å²) in [5, 5.41) is 0. The van der Waals surface area contributed by atoms with Crippen molar-refractivity contribution in [1.82, 2.24) is 9.55 Å². The van der Waals surface area contributed by atoms with Gasteiger partial charge in [0.15, 0.2) is 0 Å². The van der Waals surface area contributed by atoms with Crippen LogP contribution in [0.5, 0.6) is 0 Å². The summed E-state index contributed by atoms with van der Waals surface area (Å²) in [5.74, 6) is 0. The van der Waals surface area contributed by atoms with Gasteiger partial charge in [0.2, 0.25) is 0 Å². The van der Waals surface area contributed by atoms with Crippen LogP contribution in [0.2, 0.25) is 0 Å². The van der Waals surface area contributed by atoms with E-state index < -0.39 is 10.0 Å². The molecular formula is C15H15N3O2S. The van der Waals surface area contributed by atoms with Crippen LogP contribution in [0, 0.1) is 6.92 Å². The maximum atomic E-state index is 12.3. The van der Waals surface area contributed by atoms with E-state index in [0.717, 1.165) is 16.6 Å². The monoisotopic (exact) mass is 301 g/mol. The van der Waals surface area contributed by atoms with Crippen molar-refractivity contribution in [3.05, 3.63) is 54.4 Å². The van der Waals surface area contributed by atoms with Crippen molar-refractivity contribution in [2.45, 2.75) is 11.8 Å². The fraction of sp³-hybridized carbons (Fsp3) is 0.133. The molecule has 0 amide bonds. The van der Waals surface area contributed by atoms with Crippen LogP contribution in [-0.4, -0.2) is 18.0 Å². The van der Waals surface area contributed by atoms with E-state index in [9.17, 15) is 8.42 Å². The highest BCUT2D eigenvalue weighted by Gasteiger charge is 2.14. The molecule has 5 nitrogen and oxygen atoms in total. The first-order valence-corrected chi connectivity index (χ1v) is 7.94. The van der Waals surface area contributed by atoms with Gasteiger partial charge in [-0.05, 0) is 37.3 Å². The smallest absolute Gasteiger partial charge is 0.261 e. The van der Waals surface area contributed by atoms with E-state index in [0.29, 0.717) is 5.69 Å². The quantitative estimate of drug-likeness (QED) is 0.809. The molecule has 0 aliphatic rings. The zero-order chi connectivity index (χ0) is 15.0. The van der Waals surface area contributed by atoms with Crippen molar-refractivity contribution in [2.24, 2.45) is 7.05 Å². The predicted octanol–water partition coefficient (Wildman–Crippen LogP) is 2.68. The molecule has 0 radical (unpaired) electrons. The first kappa shape index (κ1) is 13.6. The molecule has 0 saturated carbocycles. The Balaban J connectivity index is 1.95. The van der Waals surface area contributed by atoms with E-state index >= 15 is 0 Å². The molecule has 0 fully saturated rings. The molecule has 21 heavy (non-hydrogen) atoms. The van der Waals surface area contributed by atoms with Crippen LogP contribution < -0.4 is 4.72 Å². The average Bonchev–Trinajstić information content (AvgIpc) is 2.80. The number of nitrogens with zero attached hydrogens (tertiary/aromatic N) is 2. The van der Waals surface area contributed by atoms with Gasteiger partial charge in [-0.2, -0.15) is 0 Å². The van der Waals surface area contributed by atoms with E-state index in [1.54, 1.807) is 42.7 Å². The molecule has 0 unspecified atom stereocenters. The molecule has 0 atom stereocenters. The lowest BCUT2D eigenvalue weighted by atomic mass is 10.2. The second-order valence-corrected chi connectivity index (χ2v) is 6.66. The maximum Gasteiger partial charge on any atom is 0.261 e. The van der Waals surface area contributed by atoms with Crippen LogP contribution in [0.25, 0.3) is 11.0 Å². The number of nitrogens with one attached hydrogen (secondary N) is 1. The summed E-state index contributed by atoms with van der Waals surface area (Å²) in [6.07, 6.45) is 1.70. The number of anilines is 1. The van der Waals surface area contributed by atoms with Crippen molar-refractivity contribution in [1.29, 1.82) is 0 Å². The van der Waals surface area contributed by atoms with Gasteiger partial charge in [-0.3, -0.25) is 4.72 Å². The van der Waals surface area contributed by atoms with E-state index in [1.165, 1.54) is 0 Å². The number of sulfonamides is 1. The van der Waals surface area contributed by atoms with Gasteiger partial charge in [0, 0.05) is 7.05 Å². The fourth-order valence-electron chi connectivity index (χ4n) is 2.13. The summed E-state index contributed by atoms with van der Waals surface area (Å²) >= 11 is 0. The standard InChI is InChI=1S/C15H15N3O2S/c1-11-3-6-13(7-4-11)21(19,20)17-12-5-8-15-14(9-12)16-10-18(15)2/h3-10,17H,1-2H3. The van der Waals surface area contributed by atoms with Crippen LogP contribution in [0.3, 0.4) is 0 Å². The maximum absolute atomic E-state index is 12.3. The molecule has 0 bridgehead atoms. The minimum Gasteiger partial charge on any atom is -0.334 e. The number of aryl methyl sites for hydroxylation is 2. The zero-order valence-corrected chi connectivity index (χ0v) is 12.6. The number of hydrogen-bond acceptors (Lipinski definition) is 3. The van der Waals surface area contributed by atoms with Gasteiger partial charge in [0.25, 0.3) is 10.0 Å². The number of imidazole rings is 1. The number of fused-ring (bicyclic) bond motifs is 1. The van der Waals surface area contributed by atoms with E-state index in [2.05, 4.69) is 9.71 Å². The van der Waals surface area contributed by atoms with Crippen LogP contribution in [0.1, 0.15) is 5.56 Å². The van der Waals surface area contributed by atoms with Gasteiger partial charge in [0.05, 0.1) is 27.9 Å². The van der Waals surface area contributed by atoms with Gasteiger partial charge >= 0.3 is 0 Å². The highest BCUT2D eigenvalue weighted by atomic mass is 32.2. The molecule has 1 N–H and O–H groups in total. The molecule has 0 saturated heterocycles. The molecular weight excluding hydrogens is 286 g/mol. The van der Waals surface area contributed by atoms with E-state index in [-0.39, 0.29) is 4.90 Å². The molecule has 108 valence electrons. The molecule has 2 aromatic carbocycles. The highest BCUT2D eigenvalue weighted by Crippen LogP contribution is 2.20. The lowest BCUT2D eigenvalue weighted by Gasteiger charge is -2.08. The molecule has 0 spiro atoms. The number of benzene rings is 2. The Morgan fingerprint density at radius 3 is 2.52 bits per heavy atom. The Hall–Kier alpha value is -2.34. The average molecular weight is 301 g/mol. The number of hydrogen-bond donors (Lipinski definition) is 1. The lowest BCUT2D eigenvalue weighted by Crippen LogP contribution is -2.12. The molecule has 3 rings (SSSR count). The van der Waals surface area contributed by atoms with Gasteiger partial charge in [-0.15, -0.1) is 0 Å². The second kappa shape index (κ2) is 4.89. The second-order valence-electron chi connectivity index (χ2n) is 4.98. The third-order valence-electron chi connectivity index (χ3n) is 3.31. The number of rotatable bonds is 3. The summed E-state index contributed by atoms with van der Waals surface area (Å²) < 4.78 is 29.1. The summed E-state index contributed by atoms with van der Waals surface area (Å²) in [6.45, 7) is 1.92. The topological polar surface area (TPSA) is 64.0 Å². The molecule has 1 aromatic heterocycles. The van der Waals surface area contributed by atoms with Crippen LogP contribution in [-0.2, 0) is 17.1 Å². The predicted molar refractivity (Wildman–Crippen MR) is 82.7 cm³/mol. The third-order valence-corrected chi connectivity index (χ3v) is 4.71. The minimum atomic E-state index is -3.58. The highest BCUT2D eigenvalue weighted by molar-refractivity contribution is 7.92. The van der Waals surface area contributed by atoms with Crippen molar-refractivity contribution < 1.29 is 8.42 Å². The van der Waals surface area contributed by atoms with Crippen LogP contribution in [0.15, 0.2) is 53.7 Å². The fourth-order valence-corrected chi connectivity index (χ4v) is 3.18. The van der Waals surface area contributed by atoms with Gasteiger partial charge in [-0.25, -0.2) is 13.4 Å². The van der Waals surface area contributed by atoms with Gasteiger partial charge < -0.3 is 4.57 Å². The van der Waals surface area contributed by atoms with E-state index in [1.807, 2.05) is 24.6 Å². The summed E-state index contributed by atoms with van der Waals surface area (Å²) in [4.78, 5) is 4.47. The lowest BCUT2D eigenvalue weighted by molar-refractivity contribution is 0.601. The zero-order valence-electron chi connectivity index (χ0n) is 11.7.